The summed E-state index contributed by atoms with van der Waals surface area (Å²) in [5.74, 6) is -0.441. The van der Waals surface area contributed by atoms with Crippen LogP contribution in [0.15, 0.2) is 24.4 Å². The zero-order valence-electron chi connectivity index (χ0n) is 9.81. The van der Waals surface area contributed by atoms with E-state index in [1.807, 2.05) is 6.20 Å². The minimum Gasteiger partial charge on any atom is -0.330 e. The highest BCUT2D eigenvalue weighted by molar-refractivity contribution is 6.30. The van der Waals surface area contributed by atoms with E-state index < -0.39 is 5.82 Å². The molecule has 2 rings (SSSR count). The van der Waals surface area contributed by atoms with Crippen LogP contribution in [-0.4, -0.2) is 21.5 Å². The van der Waals surface area contributed by atoms with Gasteiger partial charge in [-0.2, -0.15) is 0 Å². The normalized spacial score (nSPS) is 10.8. The van der Waals surface area contributed by atoms with Gasteiger partial charge in [0, 0.05) is 0 Å². The Bertz CT molecular complexity index is 527. The van der Waals surface area contributed by atoms with Gasteiger partial charge in [-0.05, 0) is 44.0 Å². The van der Waals surface area contributed by atoms with E-state index in [0.29, 0.717) is 12.2 Å². The molecule has 1 aromatic heterocycles. The third-order valence-corrected chi connectivity index (χ3v) is 2.89. The molecule has 0 aliphatic heterocycles. The highest BCUT2D eigenvalue weighted by Crippen LogP contribution is 2.18. The molecule has 1 aromatic carbocycles. The smallest absolute Gasteiger partial charge is 0.141 e. The van der Waals surface area contributed by atoms with Crippen molar-refractivity contribution in [2.75, 3.05) is 6.54 Å². The number of hydrogen-bond acceptors (Lipinski definition) is 3. The lowest BCUT2D eigenvalue weighted by molar-refractivity contribution is 0.627. The van der Waals surface area contributed by atoms with Gasteiger partial charge in [0.25, 0.3) is 0 Å². The largest absolute Gasteiger partial charge is 0.330 e. The molecule has 0 bridgehead atoms. The molecule has 0 saturated heterocycles. The summed E-state index contributed by atoms with van der Waals surface area (Å²) in [6.45, 7) is 0.682. The maximum atomic E-state index is 13.0. The Morgan fingerprint density at radius 2 is 2.17 bits per heavy atom. The lowest BCUT2D eigenvalue weighted by Crippen LogP contribution is -1.99. The lowest BCUT2D eigenvalue weighted by atomic mass is 10.2. The topological polar surface area (TPSA) is 56.7 Å². The molecule has 0 spiro atoms. The number of rotatable bonds is 5. The Morgan fingerprint density at radius 1 is 1.33 bits per heavy atom. The fraction of sp³-hybridized carbons (Fsp3) is 0.333. The molecule has 0 radical (unpaired) electrons. The van der Waals surface area contributed by atoms with Crippen LogP contribution < -0.4 is 5.73 Å². The molecule has 2 N–H and O–H groups in total. The molecule has 0 amide bonds. The van der Waals surface area contributed by atoms with Gasteiger partial charge in [-0.25, -0.2) is 9.07 Å². The van der Waals surface area contributed by atoms with Crippen molar-refractivity contribution < 1.29 is 4.39 Å². The van der Waals surface area contributed by atoms with Gasteiger partial charge < -0.3 is 5.73 Å². The average Bonchev–Trinajstić information content (AvgIpc) is 2.82. The Hall–Kier alpha value is -1.46. The van der Waals surface area contributed by atoms with Crippen molar-refractivity contribution in [2.24, 2.45) is 5.73 Å². The van der Waals surface area contributed by atoms with Gasteiger partial charge in [-0.3, -0.25) is 0 Å². The lowest BCUT2D eigenvalue weighted by Gasteiger charge is -2.00. The third kappa shape index (κ3) is 3.05. The fourth-order valence-corrected chi connectivity index (χ4v) is 1.79. The van der Waals surface area contributed by atoms with Crippen molar-refractivity contribution >= 4 is 11.6 Å². The van der Waals surface area contributed by atoms with E-state index in [2.05, 4.69) is 10.3 Å². The van der Waals surface area contributed by atoms with Crippen molar-refractivity contribution in [3.63, 3.8) is 0 Å². The third-order valence-electron chi connectivity index (χ3n) is 2.60. The van der Waals surface area contributed by atoms with Crippen LogP contribution in [0.2, 0.25) is 5.02 Å². The second-order valence-electron chi connectivity index (χ2n) is 4.00. The summed E-state index contributed by atoms with van der Waals surface area (Å²) >= 11 is 5.72. The molecule has 0 atom stereocenters. The van der Waals surface area contributed by atoms with Gasteiger partial charge in [0.2, 0.25) is 0 Å². The summed E-state index contributed by atoms with van der Waals surface area (Å²) in [7, 11) is 0. The second kappa shape index (κ2) is 5.93. The van der Waals surface area contributed by atoms with Crippen molar-refractivity contribution in [1.82, 2.24) is 15.0 Å². The summed E-state index contributed by atoms with van der Waals surface area (Å²) in [5.41, 5.74) is 7.01. The Kier molecular flexibility index (Phi) is 4.28. The van der Waals surface area contributed by atoms with Crippen molar-refractivity contribution in [3.8, 4) is 5.69 Å². The molecule has 2 aromatic rings. The predicted molar refractivity (Wildman–Crippen MR) is 68.3 cm³/mol. The quantitative estimate of drug-likeness (QED) is 0.847. The van der Waals surface area contributed by atoms with Crippen molar-refractivity contribution in [3.05, 3.63) is 40.9 Å². The molecule has 0 fully saturated rings. The van der Waals surface area contributed by atoms with Gasteiger partial charge >= 0.3 is 0 Å². The fourth-order valence-electron chi connectivity index (χ4n) is 1.62. The van der Waals surface area contributed by atoms with Crippen LogP contribution in [0.4, 0.5) is 4.39 Å². The summed E-state index contributed by atoms with van der Waals surface area (Å²) in [4.78, 5) is 0. The number of benzene rings is 1. The van der Waals surface area contributed by atoms with Gasteiger partial charge in [0.05, 0.1) is 22.6 Å². The van der Waals surface area contributed by atoms with Gasteiger partial charge in [0.1, 0.15) is 5.82 Å². The first kappa shape index (κ1) is 13.0. The number of halogens is 2. The Labute approximate surface area is 110 Å². The molecule has 4 nitrogen and oxygen atoms in total. The van der Waals surface area contributed by atoms with Crippen LogP contribution in [0.1, 0.15) is 18.5 Å². The predicted octanol–water partition coefficient (Wildman–Crippen LogP) is 2.34. The van der Waals surface area contributed by atoms with Crippen LogP contribution in [0.25, 0.3) is 5.69 Å². The number of aryl methyl sites for hydroxylation is 1. The SMILES string of the molecule is NCCCCc1cn(-c2ccc(F)c(Cl)c2)nn1. The van der Waals surface area contributed by atoms with E-state index in [1.54, 1.807) is 10.7 Å². The minimum absolute atomic E-state index is 0.0766. The van der Waals surface area contributed by atoms with E-state index in [0.717, 1.165) is 25.0 Å². The monoisotopic (exact) mass is 268 g/mol. The second-order valence-corrected chi connectivity index (χ2v) is 4.41. The molecule has 6 heteroatoms. The summed E-state index contributed by atoms with van der Waals surface area (Å²) < 4.78 is 14.6. The summed E-state index contributed by atoms with van der Waals surface area (Å²) in [6, 6.07) is 4.45. The van der Waals surface area contributed by atoms with Crippen LogP contribution in [0.3, 0.4) is 0 Å². The van der Waals surface area contributed by atoms with Crippen molar-refractivity contribution in [1.29, 1.82) is 0 Å². The van der Waals surface area contributed by atoms with Crippen LogP contribution in [-0.2, 0) is 6.42 Å². The molecule has 0 aliphatic carbocycles. The number of aromatic nitrogens is 3. The molecule has 96 valence electrons. The van der Waals surface area contributed by atoms with Gasteiger partial charge in [-0.1, -0.05) is 16.8 Å². The number of nitrogens with zero attached hydrogens (tertiary/aromatic N) is 3. The number of hydrogen-bond donors (Lipinski definition) is 1. The standard InChI is InChI=1S/C12H14ClFN4/c13-11-7-10(4-5-12(11)14)18-8-9(16-17-18)3-1-2-6-15/h4-5,7-8H,1-3,6,15H2. The Balaban J connectivity index is 2.11. The zero-order valence-corrected chi connectivity index (χ0v) is 10.6. The minimum atomic E-state index is -0.441. The van der Waals surface area contributed by atoms with Crippen LogP contribution in [0, 0.1) is 5.82 Å². The first-order valence-electron chi connectivity index (χ1n) is 5.77. The molecule has 0 aliphatic rings. The first-order valence-corrected chi connectivity index (χ1v) is 6.15. The van der Waals surface area contributed by atoms with Crippen molar-refractivity contribution in [2.45, 2.75) is 19.3 Å². The average molecular weight is 269 g/mol. The van der Waals surface area contributed by atoms with E-state index in [1.165, 1.54) is 12.1 Å². The van der Waals surface area contributed by atoms with Crippen LogP contribution in [0.5, 0.6) is 0 Å². The van der Waals surface area contributed by atoms with Gasteiger partial charge in [-0.15, -0.1) is 5.10 Å². The molecular formula is C12H14ClFN4. The van der Waals surface area contributed by atoms with E-state index >= 15 is 0 Å². The number of nitrogens with two attached hydrogens (primary N) is 1. The first-order chi connectivity index (χ1) is 8.70. The summed E-state index contributed by atoms with van der Waals surface area (Å²) in [6.07, 6.45) is 4.61. The zero-order chi connectivity index (χ0) is 13.0. The molecule has 1 heterocycles. The van der Waals surface area contributed by atoms with E-state index in [9.17, 15) is 4.39 Å². The van der Waals surface area contributed by atoms with E-state index in [4.69, 9.17) is 17.3 Å². The van der Waals surface area contributed by atoms with E-state index in [-0.39, 0.29) is 5.02 Å². The summed E-state index contributed by atoms with van der Waals surface area (Å²) in [5, 5.41) is 8.12. The maximum absolute atomic E-state index is 13.0. The number of unbranched alkanes of at least 4 members (excludes halogenated alkanes) is 1. The van der Waals surface area contributed by atoms with Crippen LogP contribution >= 0.6 is 11.6 Å². The highest BCUT2D eigenvalue weighted by Gasteiger charge is 2.05. The molecule has 0 unspecified atom stereocenters. The molecular weight excluding hydrogens is 255 g/mol. The highest BCUT2D eigenvalue weighted by atomic mass is 35.5. The molecule has 0 saturated carbocycles. The van der Waals surface area contributed by atoms with Gasteiger partial charge in [0.15, 0.2) is 0 Å². The Morgan fingerprint density at radius 3 is 2.89 bits per heavy atom. The maximum Gasteiger partial charge on any atom is 0.141 e. The molecule has 18 heavy (non-hydrogen) atoms.